The summed E-state index contributed by atoms with van der Waals surface area (Å²) in [5, 5.41) is 12.5. The van der Waals surface area contributed by atoms with E-state index in [4.69, 9.17) is 9.72 Å². The minimum absolute atomic E-state index is 0.0693. The van der Waals surface area contributed by atoms with Gasteiger partial charge in [0.05, 0.1) is 17.6 Å². The zero-order valence-electron chi connectivity index (χ0n) is 26.9. The number of carboxylic acid groups (broad SMARTS) is 1. The summed E-state index contributed by atoms with van der Waals surface area (Å²) >= 11 is 0. The molecule has 5 aromatic rings. The lowest BCUT2D eigenvalue weighted by atomic mass is 9.96. The minimum Gasteiger partial charge on any atom is -0.449 e. The van der Waals surface area contributed by atoms with Crippen LogP contribution in [0.25, 0.3) is 22.2 Å². The Morgan fingerprint density at radius 3 is 2.40 bits per heavy atom. The minimum atomic E-state index is -1.34. The number of benzene rings is 4. The second kappa shape index (κ2) is 15.0. The fourth-order valence-corrected chi connectivity index (χ4v) is 6.44. The number of unbranched alkanes of at least 4 members (excludes halogenated alkanes) is 1. The smallest absolute Gasteiger partial charge is 0.449 e. The fourth-order valence-electron chi connectivity index (χ4n) is 6.44. The average Bonchev–Trinajstić information content (AvgIpc) is 3.43. The van der Waals surface area contributed by atoms with Crippen molar-refractivity contribution in [3.63, 3.8) is 0 Å². The summed E-state index contributed by atoms with van der Waals surface area (Å²) in [4.78, 5) is 32.0. The first kappa shape index (κ1) is 31.9. The van der Waals surface area contributed by atoms with Gasteiger partial charge in [-0.1, -0.05) is 105 Å². The molecule has 0 aliphatic heterocycles. The molecule has 8 heteroatoms. The van der Waals surface area contributed by atoms with Gasteiger partial charge in [-0.25, -0.2) is 14.6 Å². The molecule has 2 N–H and O–H groups in total. The van der Waals surface area contributed by atoms with Crippen LogP contribution in [0.2, 0.25) is 0 Å². The highest BCUT2D eigenvalue weighted by Crippen LogP contribution is 2.31. The van der Waals surface area contributed by atoms with Gasteiger partial charge in [-0.15, -0.1) is 0 Å². The van der Waals surface area contributed by atoms with Crippen molar-refractivity contribution in [1.82, 2.24) is 14.9 Å². The predicted molar refractivity (Wildman–Crippen MR) is 186 cm³/mol. The van der Waals surface area contributed by atoms with E-state index in [2.05, 4.69) is 47.1 Å². The number of ether oxygens (including phenoxy) is 1. The van der Waals surface area contributed by atoms with Crippen LogP contribution in [0, 0.1) is 0 Å². The molecule has 8 nitrogen and oxygen atoms in total. The largest absolute Gasteiger partial charge is 0.511 e. The number of para-hydroxylation sites is 1. The van der Waals surface area contributed by atoms with Gasteiger partial charge in [0, 0.05) is 30.3 Å². The van der Waals surface area contributed by atoms with Crippen LogP contribution in [0.3, 0.4) is 0 Å². The number of carbonyl (C=O) groups excluding carboxylic acids is 1. The summed E-state index contributed by atoms with van der Waals surface area (Å²) < 4.78 is 7.28. The molecule has 1 fully saturated rings. The highest BCUT2D eigenvalue weighted by molar-refractivity contribution is 5.94. The predicted octanol–water partition coefficient (Wildman–Crippen LogP) is 9.20. The van der Waals surface area contributed by atoms with E-state index in [9.17, 15) is 14.7 Å². The molecule has 0 unspecified atom stereocenters. The molecular weight excluding hydrogens is 588 g/mol. The summed E-state index contributed by atoms with van der Waals surface area (Å²) in [5.41, 5.74) is 6.47. The van der Waals surface area contributed by atoms with Crippen LogP contribution in [0.4, 0.5) is 15.3 Å². The molecule has 0 bridgehead atoms. The number of anilines is 1. The lowest BCUT2D eigenvalue weighted by Crippen LogP contribution is -2.45. The van der Waals surface area contributed by atoms with Gasteiger partial charge in [-0.3, -0.25) is 4.90 Å². The van der Waals surface area contributed by atoms with E-state index in [1.807, 2.05) is 59.5 Å². The Hall–Kier alpha value is -5.11. The highest BCUT2D eigenvalue weighted by atomic mass is 16.7. The van der Waals surface area contributed by atoms with Gasteiger partial charge in [-0.05, 0) is 60.2 Å². The number of fused-ring (bicyclic) bond motifs is 1. The van der Waals surface area contributed by atoms with E-state index in [1.165, 1.54) is 6.42 Å². The summed E-state index contributed by atoms with van der Waals surface area (Å²) in [6.45, 7) is 3.26. The maximum absolute atomic E-state index is 13.9. The molecule has 1 heterocycles. The number of hydrogen-bond donors (Lipinski definition) is 2. The van der Waals surface area contributed by atoms with E-state index < -0.39 is 6.16 Å². The summed E-state index contributed by atoms with van der Waals surface area (Å²) in [6.07, 6.45) is 7.19. The Morgan fingerprint density at radius 2 is 1.66 bits per heavy atom. The Morgan fingerprint density at radius 1 is 0.915 bits per heavy atom. The molecule has 6 rings (SSSR count). The molecular formula is C39H42N4O4. The van der Waals surface area contributed by atoms with Gasteiger partial charge in [0.25, 0.3) is 0 Å². The van der Waals surface area contributed by atoms with E-state index >= 15 is 0 Å². The molecule has 1 aliphatic rings. The Labute approximate surface area is 276 Å². The first-order valence-corrected chi connectivity index (χ1v) is 16.7. The van der Waals surface area contributed by atoms with Crippen molar-refractivity contribution < 1.29 is 19.4 Å². The maximum Gasteiger partial charge on any atom is 0.511 e. The molecule has 1 aromatic heterocycles. The van der Waals surface area contributed by atoms with Gasteiger partial charge in [0.15, 0.2) is 0 Å². The number of imidazole rings is 1. The fraction of sp³-hybridized carbons (Fsp3) is 0.308. The lowest BCUT2D eigenvalue weighted by molar-refractivity contribution is 0.144. The van der Waals surface area contributed by atoms with E-state index in [-0.39, 0.29) is 12.1 Å². The van der Waals surface area contributed by atoms with Crippen LogP contribution < -0.4 is 15.0 Å². The number of carbonyl (C=O) groups is 2. The summed E-state index contributed by atoms with van der Waals surface area (Å²) in [7, 11) is 0. The van der Waals surface area contributed by atoms with E-state index in [0.29, 0.717) is 24.4 Å². The topological polar surface area (TPSA) is 96.7 Å². The SMILES string of the molecule is CCCCc1nc2ccc(N(Cc3ccccc3)C(=O)NC3CCCCC3)cc2n1Cc1ccc(-c2ccccc2OC(=O)O)cc1. The first-order chi connectivity index (χ1) is 23.0. The number of nitrogens with zero attached hydrogens (tertiary/aromatic N) is 3. The standard InChI is InChI=1S/C39H42N4O4/c1-2-3-18-37-41-34-24-23-32(42(26-28-12-6-4-7-13-28)38(44)40-31-14-8-5-9-15-31)25-35(34)43(37)27-29-19-21-30(22-20-29)33-16-10-11-17-36(33)47-39(45)46/h4,6-7,10-13,16-17,19-25,31H,2-3,5,8-9,14-15,18,26-27H2,1H3,(H,40,44)(H,45,46). The highest BCUT2D eigenvalue weighted by Gasteiger charge is 2.23. The zero-order chi connectivity index (χ0) is 32.6. The number of urea groups is 1. The second-order valence-electron chi connectivity index (χ2n) is 12.3. The van der Waals surface area contributed by atoms with Crippen molar-refractivity contribution in [3.8, 4) is 16.9 Å². The van der Waals surface area contributed by atoms with Crippen molar-refractivity contribution in [1.29, 1.82) is 0 Å². The van der Waals surface area contributed by atoms with Crippen molar-refractivity contribution in [2.45, 2.75) is 77.4 Å². The number of amides is 2. The third-order valence-corrected chi connectivity index (χ3v) is 8.93. The Bertz CT molecular complexity index is 1810. The van der Waals surface area contributed by atoms with Crippen LogP contribution in [0.5, 0.6) is 5.75 Å². The van der Waals surface area contributed by atoms with Crippen LogP contribution >= 0.6 is 0 Å². The number of nitrogens with one attached hydrogen (secondary N) is 1. The maximum atomic E-state index is 13.9. The van der Waals surface area contributed by atoms with Crippen LogP contribution in [0.1, 0.15) is 68.8 Å². The van der Waals surface area contributed by atoms with Crippen LogP contribution in [-0.4, -0.2) is 32.9 Å². The van der Waals surface area contributed by atoms with Gasteiger partial charge in [0.1, 0.15) is 11.6 Å². The van der Waals surface area contributed by atoms with Gasteiger partial charge in [0.2, 0.25) is 0 Å². The van der Waals surface area contributed by atoms with Gasteiger partial charge < -0.3 is 19.7 Å². The van der Waals surface area contributed by atoms with Crippen LogP contribution in [-0.2, 0) is 19.5 Å². The second-order valence-corrected chi connectivity index (χ2v) is 12.3. The summed E-state index contributed by atoms with van der Waals surface area (Å²) in [6, 6.07) is 31.6. The number of aryl methyl sites for hydroxylation is 1. The van der Waals surface area contributed by atoms with Gasteiger partial charge >= 0.3 is 12.2 Å². The monoisotopic (exact) mass is 630 g/mol. The molecule has 1 saturated carbocycles. The molecule has 4 aromatic carbocycles. The van der Waals surface area contributed by atoms with Crippen molar-refractivity contribution in [3.05, 3.63) is 114 Å². The molecule has 2 amide bonds. The average molecular weight is 631 g/mol. The van der Waals surface area contributed by atoms with Gasteiger partial charge in [-0.2, -0.15) is 0 Å². The van der Waals surface area contributed by atoms with Crippen molar-refractivity contribution >= 4 is 28.9 Å². The third kappa shape index (κ3) is 7.83. The number of hydrogen-bond acceptors (Lipinski definition) is 4. The molecule has 242 valence electrons. The molecule has 0 saturated heterocycles. The summed E-state index contributed by atoms with van der Waals surface area (Å²) in [5.74, 6) is 1.32. The van der Waals surface area contributed by atoms with Crippen molar-refractivity contribution in [2.24, 2.45) is 0 Å². The lowest BCUT2D eigenvalue weighted by Gasteiger charge is -2.28. The first-order valence-electron chi connectivity index (χ1n) is 16.7. The van der Waals surface area contributed by atoms with E-state index in [0.717, 1.165) is 84.2 Å². The Kier molecular flexibility index (Phi) is 10.2. The molecule has 47 heavy (non-hydrogen) atoms. The Balaban J connectivity index is 1.33. The zero-order valence-corrected chi connectivity index (χ0v) is 26.9. The molecule has 0 atom stereocenters. The van der Waals surface area contributed by atoms with E-state index in [1.54, 1.807) is 12.1 Å². The number of aromatic nitrogens is 2. The molecule has 0 spiro atoms. The normalized spacial score (nSPS) is 13.4. The number of rotatable bonds is 11. The third-order valence-electron chi connectivity index (χ3n) is 8.93. The molecule has 0 radical (unpaired) electrons. The van der Waals surface area contributed by atoms with Crippen LogP contribution in [0.15, 0.2) is 97.1 Å². The molecule has 1 aliphatic carbocycles. The quantitative estimate of drug-likeness (QED) is 0.112. The van der Waals surface area contributed by atoms with Crippen molar-refractivity contribution in [2.75, 3.05) is 4.90 Å².